The van der Waals surface area contributed by atoms with Gasteiger partial charge in [0.05, 0.1) is 5.92 Å². The molecule has 1 heterocycles. The first-order chi connectivity index (χ1) is 4.79. The Balaban J connectivity index is 2.15. The van der Waals surface area contributed by atoms with Crippen molar-refractivity contribution < 1.29 is 4.79 Å². The van der Waals surface area contributed by atoms with Crippen LogP contribution >= 0.6 is 12.2 Å². The lowest BCUT2D eigenvalue weighted by atomic mass is 10.1. The van der Waals surface area contributed by atoms with E-state index in [4.69, 9.17) is 12.2 Å². The van der Waals surface area contributed by atoms with Crippen LogP contribution in [0.4, 0.5) is 0 Å². The van der Waals surface area contributed by atoms with Crippen LogP contribution in [-0.4, -0.2) is 10.9 Å². The van der Waals surface area contributed by atoms with Crippen LogP contribution in [0.15, 0.2) is 0 Å². The van der Waals surface area contributed by atoms with Gasteiger partial charge in [-0.3, -0.25) is 15.6 Å². The van der Waals surface area contributed by atoms with Gasteiger partial charge >= 0.3 is 0 Å². The molecule has 2 N–H and O–H groups in total. The summed E-state index contributed by atoms with van der Waals surface area (Å²) in [5, 5.41) is 0. The molecule has 0 unspecified atom stereocenters. The number of hydrogen-bond acceptors (Lipinski definition) is 2. The molecule has 0 aromatic heterocycles. The van der Waals surface area contributed by atoms with E-state index >= 15 is 0 Å². The van der Waals surface area contributed by atoms with Gasteiger partial charge in [-0.05, 0) is 18.8 Å². The highest BCUT2D eigenvalue weighted by Crippen LogP contribution is 2.38. The summed E-state index contributed by atoms with van der Waals surface area (Å²) in [4.78, 5) is 11.7. The SMILES string of the molecule is O=C1NNC(=S)[C@@H]1C1CC1. The molecule has 2 rings (SSSR count). The maximum absolute atomic E-state index is 11.0. The van der Waals surface area contributed by atoms with E-state index in [0.29, 0.717) is 10.9 Å². The molecule has 3 nitrogen and oxygen atoms in total. The molecule has 2 aliphatic rings. The Morgan fingerprint density at radius 1 is 1.40 bits per heavy atom. The summed E-state index contributed by atoms with van der Waals surface area (Å²) in [6.07, 6.45) is 2.31. The van der Waals surface area contributed by atoms with Gasteiger partial charge in [0.1, 0.15) is 4.99 Å². The molecule has 1 saturated heterocycles. The van der Waals surface area contributed by atoms with Crippen LogP contribution in [0.25, 0.3) is 0 Å². The number of hydrazine groups is 1. The van der Waals surface area contributed by atoms with Crippen molar-refractivity contribution in [1.29, 1.82) is 0 Å². The van der Waals surface area contributed by atoms with E-state index in [1.807, 2.05) is 0 Å². The fraction of sp³-hybridized carbons (Fsp3) is 0.667. The molecule has 1 aliphatic heterocycles. The largest absolute Gasteiger partial charge is 0.291 e. The quantitative estimate of drug-likeness (QED) is 0.524. The predicted octanol–water partition coefficient (Wildman–Crippen LogP) is -0.0256. The molecule has 1 saturated carbocycles. The lowest BCUT2D eigenvalue weighted by Crippen LogP contribution is -2.27. The van der Waals surface area contributed by atoms with Gasteiger partial charge in [0.15, 0.2) is 0 Å². The van der Waals surface area contributed by atoms with Crippen LogP contribution < -0.4 is 10.9 Å². The molecule has 0 aromatic carbocycles. The first-order valence-corrected chi connectivity index (χ1v) is 3.79. The zero-order valence-corrected chi connectivity index (χ0v) is 6.20. The molecule has 10 heavy (non-hydrogen) atoms. The maximum Gasteiger partial charge on any atom is 0.248 e. The average molecular weight is 156 g/mol. The van der Waals surface area contributed by atoms with Gasteiger partial charge in [0.25, 0.3) is 0 Å². The summed E-state index contributed by atoms with van der Waals surface area (Å²) >= 11 is 4.94. The minimum atomic E-state index is -0.0185. The van der Waals surface area contributed by atoms with Crippen molar-refractivity contribution in [2.75, 3.05) is 0 Å². The molecule has 0 spiro atoms. The summed E-state index contributed by atoms with van der Waals surface area (Å²) in [5.41, 5.74) is 5.18. The smallest absolute Gasteiger partial charge is 0.248 e. The van der Waals surface area contributed by atoms with Crippen molar-refractivity contribution in [1.82, 2.24) is 10.9 Å². The molecule has 1 amide bonds. The molecule has 1 atom stereocenters. The Morgan fingerprint density at radius 2 is 2.10 bits per heavy atom. The number of rotatable bonds is 1. The first kappa shape index (κ1) is 6.09. The van der Waals surface area contributed by atoms with Crippen molar-refractivity contribution >= 4 is 23.1 Å². The van der Waals surface area contributed by atoms with E-state index in [1.165, 1.54) is 0 Å². The van der Waals surface area contributed by atoms with E-state index in [0.717, 1.165) is 12.8 Å². The Kier molecular flexibility index (Phi) is 1.17. The van der Waals surface area contributed by atoms with Gasteiger partial charge in [-0.25, -0.2) is 0 Å². The van der Waals surface area contributed by atoms with Crippen LogP contribution in [0.1, 0.15) is 12.8 Å². The van der Waals surface area contributed by atoms with Crippen molar-refractivity contribution in [2.45, 2.75) is 12.8 Å². The number of nitrogens with one attached hydrogen (secondary N) is 2. The van der Waals surface area contributed by atoms with Gasteiger partial charge in [0.2, 0.25) is 5.91 Å². The van der Waals surface area contributed by atoms with E-state index in [2.05, 4.69) is 10.9 Å². The summed E-state index contributed by atoms with van der Waals surface area (Å²) < 4.78 is 0. The highest BCUT2D eigenvalue weighted by molar-refractivity contribution is 7.80. The number of hydrogen-bond donors (Lipinski definition) is 2. The van der Waals surface area contributed by atoms with Gasteiger partial charge in [-0.2, -0.15) is 0 Å². The van der Waals surface area contributed by atoms with E-state index in [-0.39, 0.29) is 11.8 Å². The highest BCUT2D eigenvalue weighted by atomic mass is 32.1. The fourth-order valence-corrected chi connectivity index (χ4v) is 1.61. The van der Waals surface area contributed by atoms with Crippen molar-refractivity contribution in [3.63, 3.8) is 0 Å². The van der Waals surface area contributed by atoms with E-state index in [1.54, 1.807) is 0 Å². The lowest BCUT2D eigenvalue weighted by molar-refractivity contribution is -0.122. The molecule has 2 fully saturated rings. The van der Waals surface area contributed by atoms with E-state index in [9.17, 15) is 4.79 Å². The molecule has 0 radical (unpaired) electrons. The molecular weight excluding hydrogens is 148 g/mol. The third kappa shape index (κ3) is 0.794. The normalized spacial score (nSPS) is 31.8. The van der Waals surface area contributed by atoms with Crippen LogP contribution in [0.2, 0.25) is 0 Å². The van der Waals surface area contributed by atoms with Gasteiger partial charge in [0, 0.05) is 0 Å². The highest BCUT2D eigenvalue weighted by Gasteiger charge is 2.42. The first-order valence-electron chi connectivity index (χ1n) is 3.39. The zero-order chi connectivity index (χ0) is 7.14. The monoisotopic (exact) mass is 156 g/mol. The second kappa shape index (κ2) is 1.92. The Labute approximate surface area is 64.1 Å². The Morgan fingerprint density at radius 3 is 2.50 bits per heavy atom. The number of carbonyl (C=O) groups excluding carboxylic acids is 1. The van der Waals surface area contributed by atoms with Gasteiger partial charge < -0.3 is 0 Å². The second-order valence-corrected chi connectivity index (χ2v) is 3.23. The van der Waals surface area contributed by atoms with Crippen LogP contribution in [-0.2, 0) is 4.79 Å². The van der Waals surface area contributed by atoms with E-state index < -0.39 is 0 Å². The summed E-state index contributed by atoms with van der Waals surface area (Å²) in [6, 6.07) is 0. The van der Waals surface area contributed by atoms with Crippen LogP contribution in [0.3, 0.4) is 0 Å². The molecular formula is C6H8N2OS. The number of thiocarbonyl (C=S) groups is 1. The fourth-order valence-electron chi connectivity index (χ4n) is 1.26. The molecule has 54 valence electrons. The zero-order valence-electron chi connectivity index (χ0n) is 5.39. The molecule has 4 heteroatoms. The van der Waals surface area contributed by atoms with Crippen molar-refractivity contribution in [3.8, 4) is 0 Å². The summed E-state index contributed by atoms with van der Waals surface area (Å²) in [6.45, 7) is 0. The van der Waals surface area contributed by atoms with Gasteiger partial charge in [-0.15, -0.1) is 0 Å². The van der Waals surface area contributed by atoms with Crippen molar-refractivity contribution in [3.05, 3.63) is 0 Å². The average Bonchev–Trinajstić information content (AvgIpc) is 2.64. The Hall–Kier alpha value is -0.640. The minimum absolute atomic E-state index is 0.0185. The standard InChI is InChI=1S/C6H8N2OS/c9-5-4(3-1-2-3)6(10)8-7-5/h3-4H,1-2H2,(H,7,9)(H,8,10)/t4-/m1/s1. The van der Waals surface area contributed by atoms with Crippen molar-refractivity contribution in [2.24, 2.45) is 11.8 Å². The van der Waals surface area contributed by atoms with Crippen LogP contribution in [0, 0.1) is 11.8 Å². The number of amides is 1. The predicted molar refractivity (Wildman–Crippen MR) is 40.1 cm³/mol. The summed E-state index contributed by atoms with van der Waals surface area (Å²) in [7, 11) is 0. The number of carbonyl (C=O) groups is 1. The summed E-state index contributed by atoms with van der Waals surface area (Å²) in [5.74, 6) is 0.560. The third-order valence-corrected chi connectivity index (χ3v) is 2.32. The Bertz CT molecular complexity index is 184. The molecule has 0 bridgehead atoms. The minimum Gasteiger partial charge on any atom is -0.291 e. The van der Waals surface area contributed by atoms with Crippen LogP contribution in [0.5, 0.6) is 0 Å². The molecule has 1 aliphatic carbocycles. The topological polar surface area (TPSA) is 41.1 Å². The molecule has 0 aromatic rings. The lowest BCUT2D eigenvalue weighted by Gasteiger charge is -1.99. The van der Waals surface area contributed by atoms with Gasteiger partial charge in [-0.1, -0.05) is 12.2 Å². The third-order valence-electron chi connectivity index (χ3n) is 1.97. The maximum atomic E-state index is 11.0. The second-order valence-electron chi connectivity index (χ2n) is 2.79.